The van der Waals surface area contributed by atoms with Gasteiger partial charge >= 0.3 is 0 Å². The second kappa shape index (κ2) is 7.39. The van der Waals surface area contributed by atoms with Crippen LogP contribution in [0.4, 0.5) is 5.69 Å². The number of nitrogens with zero attached hydrogens (tertiary/aromatic N) is 2. The van der Waals surface area contributed by atoms with E-state index in [-0.39, 0.29) is 10.6 Å². The number of rotatable bonds is 4. The van der Waals surface area contributed by atoms with Crippen LogP contribution in [0.5, 0.6) is 0 Å². The zero-order valence-electron chi connectivity index (χ0n) is 14.6. The van der Waals surface area contributed by atoms with Gasteiger partial charge in [0.15, 0.2) is 0 Å². The standard InChI is InChI=1S/C17H25N3O4S/c1-14-3-2-4-16(13-14)18-9-11-19(12-10-18)25(23,24)17-7-5-15(6-8-17)20(21)22/h5-8,14,16H,2-4,9-13H2,1H3/p+1/t14-,16+/m1/s1. The molecule has 0 unspecified atom stereocenters. The lowest BCUT2D eigenvalue weighted by Crippen LogP contribution is -3.18. The normalized spacial score (nSPS) is 26.4. The van der Waals surface area contributed by atoms with Crippen LogP contribution in [-0.4, -0.2) is 49.9 Å². The van der Waals surface area contributed by atoms with Gasteiger partial charge in [0.1, 0.15) is 0 Å². The lowest BCUT2D eigenvalue weighted by atomic mass is 9.86. The second-order valence-electron chi connectivity index (χ2n) is 7.28. The lowest BCUT2D eigenvalue weighted by Gasteiger charge is -2.38. The van der Waals surface area contributed by atoms with Gasteiger partial charge in [0.2, 0.25) is 10.0 Å². The van der Waals surface area contributed by atoms with Gasteiger partial charge in [-0.25, -0.2) is 8.42 Å². The highest BCUT2D eigenvalue weighted by atomic mass is 32.2. The molecular weight excluding hydrogens is 342 g/mol. The highest BCUT2D eigenvalue weighted by molar-refractivity contribution is 7.89. The van der Waals surface area contributed by atoms with Crippen molar-refractivity contribution in [1.82, 2.24) is 4.31 Å². The molecule has 138 valence electrons. The molecule has 7 nitrogen and oxygen atoms in total. The summed E-state index contributed by atoms with van der Waals surface area (Å²) in [5.41, 5.74) is -0.0976. The third-order valence-electron chi connectivity index (χ3n) is 5.56. The van der Waals surface area contributed by atoms with Crippen molar-refractivity contribution in [3.63, 3.8) is 0 Å². The average molecular weight is 368 g/mol. The van der Waals surface area contributed by atoms with E-state index in [0.717, 1.165) is 19.0 Å². The third-order valence-corrected chi connectivity index (χ3v) is 7.48. The van der Waals surface area contributed by atoms with Gasteiger partial charge in [-0.3, -0.25) is 10.1 Å². The van der Waals surface area contributed by atoms with Crippen LogP contribution in [0.1, 0.15) is 32.6 Å². The molecule has 1 aromatic rings. The maximum absolute atomic E-state index is 12.8. The monoisotopic (exact) mass is 368 g/mol. The highest BCUT2D eigenvalue weighted by Gasteiger charge is 2.35. The molecule has 25 heavy (non-hydrogen) atoms. The van der Waals surface area contributed by atoms with E-state index in [1.54, 1.807) is 0 Å². The van der Waals surface area contributed by atoms with E-state index in [1.165, 1.54) is 59.2 Å². The first-order valence-electron chi connectivity index (χ1n) is 8.97. The fourth-order valence-corrected chi connectivity index (χ4v) is 5.56. The minimum atomic E-state index is -3.57. The highest BCUT2D eigenvalue weighted by Crippen LogP contribution is 2.23. The fourth-order valence-electron chi connectivity index (χ4n) is 4.12. The molecule has 0 bridgehead atoms. The first-order valence-corrected chi connectivity index (χ1v) is 10.4. The number of nitro benzene ring substituents is 1. The van der Waals surface area contributed by atoms with Gasteiger partial charge < -0.3 is 4.90 Å². The van der Waals surface area contributed by atoms with Crippen molar-refractivity contribution in [2.24, 2.45) is 5.92 Å². The molecular formula is C17H26N3O4S+. The molecule has 0 amide bonds. The number of sulfonamides is 1. The molecule has 2 atom stereocenters. The Labute approximate surface area is 148 Å². The van der Waals surface area contributed by atoms with Crippen LogP contribution in [-0.2, 0) is 10.0 Å². The van der Waals surface area contributed by atoms with Gasteiger partial charge in [-0.05, 0) is 30.9 Å². The first kappa shape index (κ1) is 18.3. The Kier molecular flexibility index (Phi) is 5.41. The van der Waals surface area contributed by atoms with Gasteiger partial charge in [0.25, 0.3) is 5.69 Å². The topological polar surface area (TPSA) is 85.0 Å². The lowest BCUT2D eigenvalue weighted by molar-refractivity contribution is -0.930. The summed E-state index contributed by atoms with van der Waals surface area (Å²) < 4.78 is 27.0. The number of nitrogens with one attached hydrogen (secondary N) is 1. The minimum absolute atomic E-state index is 0.0976. The van der Waals surface area contributed by atoms with Crippen molar-refractivity contribution < 1.29 is 18.2 Å². The summed E-state index contributed by atoms with van der Waals surface area (Å²) in [7, 11) is -3.57. The van der Waals surface area contributed by atoms with E-state index < -0.39 is 14.9 Å². The summed E-state index contributed by atoms with van der Waals surface area (Å²) in [5, 5.41) is 10.7. The van der Waals surface area contributed by atoms with Crippen molar-refractivity contribution in [2.75, 3.05) is 26.2 Å². The van der Waals surface area contributed by atoms with Crippen LogP contribution in [0.3, 0.4) is 0 Å². The molecule has 0 spiro atoms. The number of benzene rings is 1. The molecule has 1 heterocycles. The molecule has 1 saturated heterocycles. The third kappa shape index (κ3) is 4.02. The molecule has 2 fully saturated rings. The molecule has 1 saturated carbocycles. The van der Waals surface area contributed by atoms with Gasteiger partial charge in [0, 0.05) is 18.6 Å². The maximum Gasteiger partial charge on any atom is 0.269 e. The van der Waals surface area contributed by atoms with Crippen LogP contribution in [0.15, 0.2) is 29.2 Å². The number of piperazine rings is 1. The summed E-state index contributed by atoms with van der Waals surface area (Å²) in [5.74, 6) is 0.771. The van der Waals surface area contributed by atoms with E-state index in [1.807, 2.05) is 0 Å². The van der Waals surface area contributed by atoms with E-state index in [0.29, 0.717) is 19.1 Å². The van der Waals surface area contributed by atoms with Gasteiger partial charge in [-0.1, -0.05) is 13.3 Å². The Balaban J connectivity index is 1.64. The van der Waals surface area contributed by atoms with Crippen molar-refractivity contribution in [2.45, 2.75) is 43.5 Å². The van der Waals surface area contributed by atoms with Crippen molar-refractivity contribution in [3.8, 4) is 0 Å². The van der Waals surface area contributed by atoms with E-state index in [4.69, 9.17) is 0 Å². The summed E-state index contributed by atoms with van der Waals surface area (Å²) in [6, 6.07) is 5.81. The minimum Gasteiger partial charge on any atom is -0.330 e. The van der Waals surface area contributed by atoms with Crippen LogP contribution in [0.25, 0.3) is 0 Å². The molecule has 0 aromatic heterocycles. The number of quaternary nitrogens is 1. The number of hydrogen-bond acceptors (Lipinski definition) is 4. The van der Waals surface area contributed by atoms with E-state index >= 15 is 0 Å². The van der Waals surface area contributed by atoms with Crippen LogP contribution in [0.2, 0.25) is 0 Å². The SMILES string of the molecule is C[C@@H]1CCC[C@H]([NH+]2CCN(S(=O)(=O)c3ccc([N+](=O)[O-])cc3)CC2)C1. The Hall–Kier alpha value is -1.51. The molecule has 8 heteroatoms. The first-order chi connectivity index (χ1) is 11.9. The van der Waals surface area contributed by atoms with E-state index in [2.05, 4.69) is 6.92 Å². The predicted molar refractivity (Wildman–Crippen MR) is 94.0 cm³/mol. The van der Waals surface area contributed by atoms with Crippen LogP contribution >= 0.6 is 0 Å². The zero-order chi connectivity index (χ0) is 18.0. The predicted octanol–water partition coefficient (Wildman–Crippen LogP) is 1.06. The maximum atomic E-state index is 12.8. The summed E-state index contributed by atoms with van der Waals surface area (Å²) in [4.78, 5) is 11.9. The largest absolute Gasteiger partial charge is 0.330 e. The Morgan fingerprint density at radius 3 is 2.36 bits per heavy atom. The second-order valence-corrected chi connectivity index (χ2v) is 9.22. The average Bonchev–Trinajstić information content (AvgIpc) is 2.62. The number of hydrogen-bond donors (Lipinski definition) is 1. The summed E-state index contributed by atoms with van der Waals surface area (Å²) in [6.45, 7) is 5.01. The molecule has 1 aromatic carbocycles. The molecule has 1 N–H and O–H groups in total. The fraction of sp³-hybridized carbons (Fsp3) is 0.647. The number of nitro groups is 1. The quantitative estimate of drug-likeness (QED) is 0.636. The van der Waals surface area contributed by atoms with Gasteiger partial charge in [0.05, 0.1) is 42.0 Å². The van der Waals surface area contributed by atoms with Crippen molar-refractivity contribution >= 4 is 15.7 Å². The van der Waals surface area contributed by atoms with Gasteiger partial charge in [-0.15, -0.1) is 0 Å². The van der Waals surface area contributed by atoms with Crippen LogP contribution in [0, 0.1) is 16.0 Å². The molecule has 1 aliphatic carbocycles. The van der Waals surface area contributed by atoms with Crippen LogP contribution < -0.4 is 4.90 Å². The van der Waals surface area contributed by atoms with E-state index in [9.17, 15) is 18.5 Å². The zero-order valence-corrected chi connectivity index (χ0v) is 15.4. The summed E-state index contributed by atoms with van der Waals surface area (Å²) in [6.07, 6.45) is 5.07. The Morgan fingerprint density at radius 2 is 1.80 bits per heavy atom. The Bertz CT molecular complexity index is 712. The van der Waals surface area contributed by atoms with Crippen molar-refractivity contribution in [1.29, 1.82) is 0 Å². The molecule has 2 aliphatic rings. The Morgan fingerprint density at radius 1 is 1.16 bits per heavy atom. The molecule has 0 radical (unpaired) electrons. The smallest absolute Gasteiger partial charge is 0.269 e. The van der Waals surface area contributed by atoms with Gasteiger partial charge in [-0.2, -0.15) is 4.31 Å². The molecule has 1 aliphatic heterocycles. The summed E-state index contributed by atoms with van der Waals surface area (Å²) >= 11 is 0. The number of non-ortho nitro benzene ring substituents is 1. The van der Waals surface area contributed by atoms with Crippen molar-refractivity contribution in [3.05, 3.63) is 34.4 Å². The molecule has 3 rings (SSSR count).